The second-order valence-electron chi connectivity index (χ2n) is 6.59. The Morgan fingerprint density at radius 2 is 2.07 bits per heavy atom. The summed E-state index contributed by atoms with van der Waals surface area (Å²) in [6, 6.07) is 14.5. The number of benzene rings is 2. The number of carbonyl (C=O) groups is 1. The summed E-state index contributed by atoms with van der Waals surface area (Å²) in [5, 5.41) is 12.0. The molecule has 0 spiro atoms. The van der Waals surface area contributed by atoms with Crippen LogP contribution in [0, 0.1) is 12.7 Å². The molecular weight excluding hydrogens is 421 g/mol. The van der Waals surface area contributed by atoms with Crippen LogP contribution in [0.5, 0.6) is 0 Å². The lowest BCUT2D eigenvalue weighted by atomic mass is 10.1. The van der Waals surface area contributed by atoms with Crippen LogP contribution in [-0.4, -0.2) is 31.4 Å². The van der Waals surface area contributed by atoms with E-state index in [-0.39, 0.29) is 17.5 Å². The van der Waals surface area contributed by atoms with Crippen LogP contribution in [0.1, 0.15) is 16.0 Å². The Bertz CT molecular complexity index is 1160. The molecule has 9 heteroatoms. The van der Waals surface area contributed by atoms with E-state index in [2.05, 4.69) is 20.5 Å². The van der Waals surface area contributed by atoms with E-state index in [0.29, 0.717) is 16.7 Å². The highest BCUT2D eigenvalue weighted by atomic mass is 32.2. The van der Waals surface area contributed by atoms with Crippen molar-refractivity contribution < 1.29 is 9.18 Å². The highest BCUT2D eigenvalue weighted by Crippen LogP contribution is 2.23. The van der Waals surface area contributed by atoms with Gasteiger partial charge in [-0.05, 0) is 36.8 Å². The van der Waals surface area contributed by atoms with Crippen LogP contribution < -0.4 is 5.32 Å². The zero-order valence-electron chi connectivity index (χ0n) is 16.1. The van der Waals surface area contributed by atoms with Gasteiger partial charge < -0.3 is 5.32 Å². The van der Waals surface area contributed by atoms with Gasteiger partial charge in [-0.25, -0.2) is 9.37 Å². The monoisotopic (exact) mass is 439 g/mol. The number of anilines is 1. The number of aryl methyl sites for hydroxylation is 1. The normalized spacial score (nSPS) is 10.9. The largest absolute Gasteiger partial charge is 0.301 e. The molecule has 4 rings (SSSR count). The summed E-state index contributed by atoms with van der Waals surface area (Å²) < 4.78 is 15.2. The van der Waals surface area contributed by atoms with Crippen molar-refractivity contribution in [3.05, 3.63) is 82.9 Å². The number of rotatable bonds is 7. The van der Waals surface area contributed by atoms with Gasteiger partial charge in [0.15, 0.2) is 10.3 Å². The summed E-state index contributed by atoms with van der Waals surface area (Å²) in [7, 11) is 0. The van der Waals surface area contributed by atoms with E-state index in [1.54, 1.807) is 18.6 Å². The molecule has 4 aromatic rings. The maximum absolute atomic E-state index is 13.3. The number of nitrogens with zero attached hydrogens (tertiary/aromatic N) is 4. The van der Waals surface area contributed by atoms with Gasteiger partial charge in [0.05, 0.1) is 5.75 Å². The number of nitrogens with one attached hydrogen (secondary N) is 1. The standard InChI is InChI=1S/C21H18FN5OS2/c1-14-5-7-17(8-6-14)27-13-24-26-21(27)29-12-19(28)25-20-23-11-18(30-20)10-15-3-2-4-16(22)9-15/h2-9,11,13H,10,12H2,1H3,(H,23,25,28). The smallest absolute Gasteiger partial charge is 0.236 e. The van der Waals surface area contributed by atoms with Gasteiger partial charge in [0, 0.05) is 23.2 Å². The number of thioether (sulfide) groups is 1. The Labute approximate surface area is 181 Å². The van der Waals surface area contributed by atoms with Crippen molar-refractivity contribution in [2.45, 2.75) is 18.5 Å². The number of hydrogen-bond acceptors (Lipinski definition) is 6. The Morgan fingerprint density at radius 3 is 2.87 bits per heavy atom. The Hall–Kier alpha value is -3.04. The topological polar surface area (TPSA) is 72.7 Å². The van der Waals surface area contributed by atoms with Crippen molar-refractivity contribution in [3.63, 3.8) is 0 Å². The molecule has 0 aliphatic carbocycles. The quantitative estimate of drug-likeness (QED) is 0.430. The van der Waals surface area contributed by atoms with Gasteiger partial charge in [-0.2, -0.15) is 0 Å². The fourth-order valence-electron chi connectivity index (χ4n) is 2.79. The summed E-state index contributed by atoms with van der Waals surface area (Å²) in [5.41, 5.74) is 2.97. The average molecular weight is 440 g/mol. The number of carbonyl (C=O) groups excluding carboxylic acids is 1. The Kier molecular flexibility index (Phi) is 6.20. The van der Waals surface area contributed by atoms with Gasteiger partial charge in [0.25, 0.3) is 0 Å². The van der Waals surface area contributed by atoms with Crippen molar-refractivity contribution in [1.82, 2.24) is 19.7 Å². The zero-order chi connectivity index (χ0) is 20.9. The predicted octanol–water partition coefficient (Wildman–Crippen LogP) is 4.49. The van der Waals surface area contributed by atoms with E-state index in [1.807, 2.05) is 41.8 Å². The van der Waals surface area contributed by atoms with E-state index in [1.165, 1.54) is 40.8 Å². The predicted molar refractivity (Wildman–Crippen MR) is 117 cm³/mol. The number of aromatic nitrogens is 4. The molecular formula is C21H18FN5OS2. The molecule has 30 heavy (non-hydrogen) atoms. The van der Waals surface area contributed by atoms with E-state index >= 15 is 0 Å². The molecule has 0 aliphatic rings. The van der Waals surface area contributed by atoms with Crippen LogP contribution >= 0.6 is 23.1 Å². The van der Waals surface area contributed by atoms with Crippen LogP contribution in [0.25, 0.3) is 5.69 Å². The fourth-order valence-corrected chi connectivity index (χ4v) is 4.38. The molecule has 6 nitrogen and oxygen atoms in total. The molecule has 0 unspecified atom stereocenters. The van der Waals surface area contributed by atoms with Crippen LogP contribution in [0.2, 0.25) is 0 Å². The third-order valence-corrected chi connectivity index (χ3v) is 6.08. The molecule has 2 heterocycles. The fraction of sp³-hybridized carbons (Fsp3) is 0.143. The summed E-state index contributed by atoms with van der Waals surface area (Å²) in [5.74, 6) is -0.255. The number of thiazole rings is 1. The molecule has 0 bridgehead atoms. The van der Waals surface area contributed by atoms with E-state index in [0.717, 1.165) is 16.1 Å². The van der Waals surface area contributed by atoms with Gasteiger partial charge >= 0.3 is 0 Å². The first-order valence-corrected chi connectivity index (χ1v) is 11.0. The molecule has 0 saturated carbocycles. The molecule has 0 radical (unpaired) electrons. The Morgan fingerprint density at radius 1 is 1.23 bits per heavy atom. The summed E-state index contributed by atoms with van der Waals surface area (Å²) in [6.45, 7) is 2.03. The second-order valence-corrected chi connectivity index (χ2v) is 8.65. The highest BCUT2D eigenvalue weighted by molar-refractivity contribution is 7.99. The van der Waals surface area contributed by atoms with E-state index in [9.17, 15) is 9.18 Å². The lowest BCUT2D eigenvalue weighted by molar-refractivity contribution is -0.113. The average Bonchev–Trinajstić information content (AvgIpc) is 3.36. The minimum Gasteiger partial charge on any atom is -0.301 e. The lowest BCUT2D eigenvalue weighted by Gasteiger charge is -2.06. The third kappa shape index (κ3) is 5.11. The van der Waals surface area contributed by atoms with Gasteiger partial charge in [-0.3, -0.25) is 9.36 Å². The highest BCUT2D eigenvalue weighted by Gasteiger charge is 2.12. The van der Waals surface area contributed by atoms with Crippen LogP contribution in [0.4, 0.5) is 9.52 Å². The summed E-state index contributed by atoms with van der Waals surface area (Å²) in [4.78, 5) is 17.5. The molecule has 0 aliphatic heterocycles. The minimum atomic E-state index is -0.263. The van der Waals surface area contributed by atoms with Gasteiger partial charge in [0.2, 0.25) is 5.91 Å². The summed E-state index contributed by atoms with van der Waals surface area (Å²) >= 11 is 2.68. The van der Waals surface area contributed by atoms with Crippen LogP contribution in [0.3, 0.4) is 0 Å². The summed E-state index contributed by atoms with van der Waals surface area (Å²) in [6.07, 6.45) is 3.90. The van der Waals surface area contributed by atoms with Crippen molar-refractivity contribution >= 4 is 34.1 Å². The molecule has 0 atom stereocenters. The number of hydrogen-bond donors (Lipinski definition) is 1. The van der Waals surface area contributed by atoms with E-state index < -0.39 is 0 Å². The van der Waals surface area contributed by atoms with Crippen molar-refractivity contribution in [2.24, 2.45) is 0 Å². The lowest BCUT2D eigenvalue weighted by Crippen LogP contribution is -2.14. The van der Waals surface area contributed by atoms with Crippen LogP contribution in [-0.2, 0) is 11.2 Å². The molecule has 2 aromatic heterocycles. The minimum absolute atomic E-state index is 0.176. The SMILES string of the molecule is Cc1ccc(-n2cnnc2SCC(=O)Nc2ncc(Cc3cccc(F)c3)s2)cc1. The molecule has 2 aromatic carbocycles. The zero-order valence-corrected chi connectivity index (χ0v) is 17.7. The maximum atomic E-state index is 13.3. The first-order chi connectivity index (χ1) is 14.6. The first kappa shape index (κ1) is 20.2. The first-order valence-electron chi connectivity index (χ1n) is 9.16. The van der Waals surface area contributed by atoms with Gasteiger partial charge in [0.1, 0.15) is 12.1 Å². The molecule has 152 valence electrons. The molecule has 1 N–H and O–H groups in total. The van der Waals surface area contributed by atoms with Crippen molar-refractivity contribution in [3.8, 4) is 5.69 Å². The van der Waals surface area contributed by atoms with Gasteiger partial charge in [-0.1, -0.05) is 41.6 Å². The van der Waals surface area contributed by atoms with E-state index in [4.69, 9.17) is 0 Å². The molecule has 0 saturated heterocycles. The van der Waals surface area contributed by atoms with Gasteiger partial charge in [-0.15, -0.1) is 21.5 Å². The Balaban J connectivity index is 1.33. The molecule has 0 fully saturated rings. The maximum Gasteiger partial charge on any atom is 0.236 e. The van der Waals surface area contributed by atoms with Crippen molar-refractivity contribution in [2.75, 3.05) is 11.1 Å². The third-order valence-electron chi connectivity index (χ3n) is 4.23. The number of halogens is 1. The van der Waals surface area contributed by atoms with Crippen LogP contribution in [0.15, 0.2) is 66.2 Å². The second kappa shape index (κ2) is 9.19. The number of amides is 1. The van der Waals surface area contributed by atoms with Crippen molar-refractivity contribution in [1.29, 1.82) is 0 Å². The molecule has 1 amide bonds.